The van der Waals surface area contributed by atoms with Crippen molar-refractivity contribution in [2.24, 2.45) is 0 Å². The van der Waals surface area contributed by atoms with Crippen LogP contribution in [0.25, 0.3) is 0 Å². The number of thiazole rings is 1. The average molecular weight is 236 g/mol. The molecule has 2 heterocycles. The number of hydrogen-bond acceptors (Lipinski definition) is 5. The average Bonchev–Trinajstić information content (AvgIpc) is 2.58. The summed E-state index contributed by atoms with van der Waals surface area (Å²) in [4.78, 5) is 20.5. The van der Waals surface area contributed by atoms with Gasteiger partial charge in [-0.1, -0.05) is 0 Å². The minimum atomic E-state index is -0.232. The number of aromatic nitrogens is 3. The van der Waals surface area contributed by atoms with Gasteiger partial charge < -0.3 is 5.73 Å². The van der Waals surface area contributed by atoms with Gasteiger partial charge in [-0.25, -0.2) is 9.78 Å². The van der Waals surface area contributed by atoms with E-state index in [1.165, 1.54) is 11.3 Å². The maximum absolute atomic E-state index is 11.7. The Balaban J connectivity index is 2.38. The molecule has 0 spiro atoms. The summed E-state index contributed by atoms with van der Waals surface area (Å²) in [7, 11) is 0. The molecule has 6 heteroatoms. The van der Waals surface area contributed by atoms with Crippen molar-refractivity contribution in [2.45, 2.75) is 20.4 Å². The van der Waals surface area contributed by atoms with E-state index in [1.807, 2.05) is 19.9 Å². The lowest BCUT2D eigenvalue weighted by atomic mass is 10.3. The van der Waals surface area contributed by atoms with Crippen LogP contribution in [0.1, 0.15) is 16.3 Å². The fourth-order valence-corrected chi connectivity index (χ4v) is 2.19. The van der Waals surface area contributed by atoms with Gasteiger partial charge in [0.15, 0.2) is 5.13 Å². The van der Waals surface area contributed by atoms with Crippen LogP contribution in [-0.2, 0) is 6.54 Å². The van der Waals surface area contributed by atoms with Gasteiger partial charge in [0.25, 0.3) is 0 Å². The molecule has 0 saturated carbocycles. The Morgan fingerprint density at radius 2 is 2.25 bits per heavy atom. The molecule has 0 aliphatic rings. The molecule has 2 aromatic heterocycles. The summed E-state index contributed by atoms with van der Waals surface area (Å²) in [6, 6.07) is 1.88. The molecule has 0 bridgehead atoms. The van der Waals surface area contributed by atoms with E-state index >= 15 is 0 Å². The molecule has 0 atom stereocenters. The summed E-state index contributed by atoms with van der Waals surface area (Å²) < 4.78 is 1.61. The van der Waals surface area contributed by atoms with Gasteiger partial charge in [-0.15, -0.1) is 11.3 Å². The van der Waals surface area contributed by atoms with Crippen LogP contribution in [0.4, 0.5) is 5.13 Å². The number of aryl methyl sites for hydroxylation is 2. The smallest absolute Gasteiger partial charge is 0.348 e. The first-order chi connectivity index (χ1) is 7.56. The number of hydrogen-bond donors (Lipinski definition) is 1. The Hall–Kier alpha value is -1.69. The van der Waals surface area contributed by atoms with Crippen LogP contribution in [-0.4, -0.2) is 14.5 Å². The minimum absolute atomic E-state index is 0.232. The Morgan fingerprint density at radius 3 is 2.81 bits per heavy atom. The highest BCUT2D eigenvalue weighted by atomic mass is 32.1. The molecule has 16 heavy (non-hydrogen) atoms. The number of rotatable bonds is 2. The third-order valence-electron chi connectivity index (χ3n) is 2.23. The molecule has 84 valence electrons. The molecular formula is C10H12N4OS. The van der Waals surface area contributed by atoms with Crippen LogP contribution in [0.5, 0.6) is 0 Å². The first-order valence-electron chi connectivity index (χ1n) is 4.81. The fraction of sp³-hybridized carbons (Fsp3) is 0.300. The van der Waals surface area contributed by atoms with Gasteiger partial charge >= 0.3 is 5.69 Å². The predicted octanol–water partition coefficient (Wildman–Crippen LogP) is 0.947. The Kier molecular flexibility index (Phi) is 2.74. The summed E-state index contributed by atoms with van der Waals surface area (Å²) in [5.41, 5.74) is 6.94. The number of nitrogen functional groups attached to an aromatic ring is 1. The molecule has 0 aliphatic heterocycles. The number of nitrogens with two attached hydrogens (primary N) is 1. The topological polar surface area (TPSA) is 73.8 Å². The highest BCUT2D eigenvalue weighted by molar-refractivity contribution is 7.15. The van der Waals surface area contributed by atoms with Gasteiger partial charge in [0.2, 0.25) is 0 Å². The largest absolute Gasteiger partial charge is 0.375 e. The van der Waals surface area contributed by atoms with E-state index in [4.69, 9.17) is 5.73 Å². The van der Waals surface area contributed by atoms with Gasteiger partial charge in [0.05, 0.1) is 6.54 Å². The van der Waals surface area contributed by atoms with E-state index < -0.39 is 0 Å². The number of nitrogens with zero attached hydrogens (tertiary/aromatic N) is 3. The van der Waals surface area contributed by atoms with Crippen LogP contribution in [0, 0.1) is 13.8 Å². The lowest BCUT2D eigenvalue weighted by molar-refractivity contribution is 0.700. The van der Waals surface area contributed by atoms with Gasteiger partial charge in [0, 0.05) is 22.5 Å². The van der Waals surface area contributed by atoms with E-state index in [2.05, 4.69) is 9.97 Å². The molecule has 0 aromatic carbocycles. The zero-order chi connectivity index (χ0) is 11.7. The van der Waals surface area contributed by atoms with E-state index in [-0.39, 0.29) is 5.69 Å². The third-order valence-corrected chi connectivity index (χ3v) is 3.04. The minimum Gasteiger partial charge on any atom is -0.375 e. The molecule has 0 saturated heterocycles. The van der Waals surface area contributed by atoms with E-state index in [1.54, 1.807) is 10.8 Å². The molecule has 2 rings (SSSR count). The lowest BCUT2D eigenvalue weighted by Crippen LogP contribution is -2.25. The maximum atomic E-state index is 11.7. The van der Waals surface area contributed by atoms with E-state index in [9.17, 15) is 4.79 Å². The fourth-order valence-electron chi connectivity index (χ4n) is 1.52. The van der Waals surface area contributed by atoms with Crippen molar-refractivity contribution < 1.29 is 0 Å². The summed E-state index contributed by atoms with van der Waals surface area (Å²) >= 11 is 1.38. The predicted molar refractivity (Wildman–Crippen MR) is 63.6 cm³/mol. The van der Waals surface area contributed by atoms with Crippen molar-refractivity contribution in [3.8, 4) is 0 Å². The molecule has 0 fully saturated rings. The zero-order valence-electron chi connectivity index (χ0n) is 9.10. The van der Waals surface area contributed by atoms with Crippen LogP contribution in [0.2, 0.25) is 0 Å². The standard InChI is InChI=1S/C10H12N4OS/c1-6-3-7(2)14(10(15)13-6)5-8-4-12-9(11)16-8/h3-4H,5H2,1-2H3,(H2,11,12). The second kappa shape index (κ2) is 4.05. The van der Waals surface area contributed by atoms with E-state index in [0.29, 0.717) is 11.7 Å². The van der Waals surface area contributed by atoms with Gasteiger partial charge in [0.1, 0.15) is 0 Å². The summed E-state index contributed by atoms with van der Waals surface area (Å²) in [6.07, 6.45) is 1.69. The summed E-state index contributed by atoms with van der Waals surface area (Å²) in [6.45, 7) is 4.18. The van der Waals surface area contributed by atoms with Crippen molar-refractivity contribution in [1.82, 2.24) is 14.5 Å². The highest BCUT2D eigenvalue weighted by Gasteiger charge is 2.05. The lowest BCUT2D eigenvalue weighted by Gasteiger charge is -2.07. The van der Waals surface area contributed by atoms with Crippen LogP contribution >= 0.6 is 11.3 Å². The van der Waals surface area contributed by atoms with Gasteiger partial charge in [-0.05, 0) is 19.9 Å². The number of anilines is 1. The van der Waals surface area contributed by atoms with Crippen molar-refractivity contribution in [2.75, 3.05) is 5.73 Å². The Morgan fingerprint density at radius 1 is 1.50 bits per heavy atom. The molecule has 0 aliphatic carbocycles. The van der Waals surface area contributed by atoms with Crippen molar-refractivity contribution in [1.29, 1.82) is 0 Å². The molecule has 0 amide bonds. The highest BCUT2D eigenvalue weighted by Crippen LogP contribution is 2.15. The second-order valence-corrected chi connectivity index (χ2v) is 4.72. The maximum Gasteiger partial charge on any atom is 0.348 e. The molecule has 2 N–H and O–H groups in total. The van der Waals surface area contributed by atoms with Crippen LogP contribution in [0.3, 0.4) is 0 Å². The normalized spacial score (nSPS) is 10.6. The SMILES string of the molecule is Cc1cc(C)n(Cc2cnc(N)s2)c(=O)n1. The Labute approximate surface area is 96.6 Å². The molecule has 0 radical (unpaired) electrons. The molecule has 5 nitrogen and oxygen atoms in total. The third kappa shape index (κ3) is 2.11. The van der Waals surface area contributed by atoms with Crippen LogP contribution in [0.15, 0.2) is 17.1 Å². The second-order valence-electron chi connectivity index (χ2n) is 3.57. The van der Waals surface area contributed by atoms with Crippen LogP contribution < -0.4 is 11.4 Å². The van der Waals surface area contributed by atoms with Gasteiger partial charge in [-0.3, -0.25) is 4.57 Å². The van der Waals surface area contributed by atoms with E-state index in [0.717, 1.165) is 16.3 Å². The molecule has 2 aromatic rings. The Bertz CT molecular complexity index is 572. The molecular weight excluding hydrogens is 224 g/mol. The molecule has 0 unspecified atom stereocenters. The summed E-state index contributed by atoms with van der Waals surface area (Å²) in [5.74, 6) is 0. The van der Waals surface area contributed by atoms with Crippen molar-refractivity contribution in [3.63, 3.8) is 0 Å². The first-order valence-corrected chi connectivity index (χ1v) is 5.63. The quantitative estimate of drug-likeness (QED) is 0.842. The van der Waals surface area contributed by atoms with Crippen molar-refractivity contribution in [3.05, 3.63) is 39.0 Å². The van der Waals surface area contributed by atoms with Gasteiger partial charge in [-0.2, -0.15) is 4.98 Å². The zero-order valence-corrected chi connectivity index (χ0v) is 9.91. The summed E-state index contributed by atoms with van der Waals surface area (Å²) in [5, 5.41) is 0.515. The van der Waals surface area contributed by atoms with Crippen molar-refractivity contribution >= 4 is 16.5 Å². The monoisotopic (exact) mass is 236 g/mol. The first kappa shape index (κ1) is 10.8.